The van der Waals surface area contributed by atoms with Crippen molar-refractivity contribution in [3.63, 3.8) is 0 Å². The molecule has 1 N–H and O–H groups in total. The van der Waals surface area contributed by atoms with Gasteiger partial charge < -0.3 is 14.4 Å². The summed E-state index contributed by atoms with van der Waals surface area (Å²) in [5.74, 6) is 0.907. The van der Waals surface area contributed by atoms with Gasteiger partial charge in [-0.05, 0) is 26.0 Å². The van der Waals surface area contributed by atoms with E-state index in [1.807, 2.05) is 13.8 Å². The standard InChI is InChI=1S/C12H15N3O/c1-8-11(9(2)16-14-8)12-10-4-3-6-15(10)7-5-13-12/h3-4,6,12-13H,5,7H2,1-2H3/t12-/m1/s1. The van der Waals surface area contributed by atoms with Gasteiger partial charge in [0.15, 0.2) is 0 Å². The van der Waals surface area contributed by atoms with Crippen molar-refractivity contribution in [2.45, 2.75) is 26.4 Å². The predicted octanol–water partition coefficient (Wildman–Crippen LogP) is 1.79. The zero-order valence-corrected chi connectivity index (χ0v) is 9.53. The van der Waals surface area contributed by atoms with Gasteiger partial charge in [0.1, 0.15) is 5.76 Å². The van der Waals surface area contributed by atoms with Gasteiger partial charge in [-0.3, -0.25) is 0 Å². The number of rotatable bonds is 1. The van der Waals surface area contributed by atoms with Gasteiger partial charge in [-0.25, -0.2) is 0 Å². The van der Waals surface area contributed by atoms with E-state index in [0.29, 0.717) is 0 Å². The van der Waals surface area contributed by atoms with E-state index in [9.17, 15) is 0 Å². The Morgan fingerprint density at radius 1 is 1.50 bits per heavy atom. The summed E-state index contributed by atoms with van der Waals surface area (Å²) in [4.78, 5) is 0. The summed E-state index contributed by atoms with van der Waals surface area (Å²) in [6, 6.07) is 4.46. The molecule has 0 aliphatic carbocycles. The molecule has 2 aromatic heterocycles. The quantitative estimate of drug-likeness (QED) is 0.791. The van der Waals surface area contributed by atoms with Crippen molar-refractivity contribution in [2.75, 3.05) is 6.54 Å². The molecule has 0 saturated carbocycles. The molecule has 0 aromatic carbocycles. The molecule has 3 heterocycles. The summed E-state index contributed by atoms with van der Waals surface area (Å²) >= 11 is 0. The fourth-order valence-corrected chi connectivity index (χ4v) is 2.48. The van der Waals surface area contributed by atoms with Crippen molar-refractivity contribution in [3.05, 3.63) is 41.0 Å². The molecular formula is C12H15N3O. The van der Waals surface area contributed by atoms with Crippen LogP contribution in [0.25, 0.3) is 0 Å². The second-order valence-electron chi connectivity index (χ2n) is 4.25. The molecule has 0 radical (unpaired) electrons. The highest BCUT2D eigenvalue weighted by Gasteiger charge is 2.26. The number of nitrogens with one attached hydrogen (secondary N) is 1. The van der Waals surface area contributed by atoms with Crippen LogP contribution in [-0.4, -0.2) is 16.3 Å². The van der Waals surface area contributed by atoms with Crippen LogP contribution in [0, 0.1) is 13.8 Å². The minimum absolute atomic E-state index is 0.218. The van der Waals surface area contributed by atoms with Crippen LogP contribution in [0.5, 0.6) is 0 Å². The molecule has 0 amide bonds. The first-order valence-corrected chi connectivity index (χ1v) is 5.58. The molecule has 3 rings (SSSR count). The molecule has 0 bridgehead atoms. The maximum absolute atomic E-state index is 5.24. The Kier molecular flexibility index (Phi) is 2.11. The van der Waals surface area contributed by atoms with Gasteiger partial charge in [0.25, 0.3) is 0 Å². The van der Waals surface area contributed by atoms with Crippen molar-refractivity contribution < 1.29 is 4.52 Å². The van der Waals surface area contributed by atoms with Crippen LogP contribution in [-0.2, 0) is 6.54 Å². The van der Waals surface area contributed by atoms with Crippen molar-refractivity contribution in [1.29, 1.82) is 0 Å². The van der Waals surface area contributed by atoms with E-state index in [1.165, 1.54) is 11.3 Å². The Bertz CT molecular complexity index is 493. The van der Waals surface area contributed by atoms with E-state index in [0.717, 1.165) is 24.5 Å². The lowest BCUT2D eigenvalue weighted by Crippen LogP contribution is -2.33. The molecular weight excluding hydrogens is 202 g/mol. The van der Waals surface area contributed by atoms with Crippen LogP contribution in [0.1, 0.15) is 28.8 Å². The van der Waals surface area contributed by atoms with Crippen LogP contribution in [0.4, 0.5) is 0 Å². The van der Waals surface area contributed by atoms with Gasteiger partial charge in [-0.1, -0.05) is 5.16 Å². The number of aryl methyl sites for hydroxylation is 2. The molecule has 1 aliphatic heterocycles. The Morgan fingerprint density at radius 3 is 3.12 bits per heavy atom. The molecule has 16 heavy (non-hydrogen) atoms. The maximum atomic E-state index is 5.24. The highest BCUT2D eigenvalue weighted by molar-refractivity contribution is 5.34. The molecule has 1 aliphatic rings. The van der Waals surface area contributed by atoms with Crippen molar-refractivity contribution in [2.24, 2.45) is 0 Å². The average molecular weight is 217 g/mol. The van der Waals surface area contributed by atoms with E-state index >= 15 is 0 Å². The minimum atomic E-state index is 0.218. The lowest BCUT2D eigenvalue weighted by Gasteiger charge is -2.26. The fourth-order valence-electron chi connectivity index (χ4n) is 2.48. The van der Waals surface area contributed by atoms with E-state index in [4.69, 9.17) is 4.52 Å². The predicted molar refractivity (Wildman–Crippen MR) is 60.3 cm³/mol. The number of hydrogen-bond donors (Lipinski definition) is 1. The Morgan fingerprint density at radius 2 is 2.38 bits per heavy atom. The largest absolute Gasteiger partial charge is 0.361 e. The van der Waals surface area contributed by atoms with Crippen LogP contribution in [0.3, 0.4) is 0 Å². The van der Waals surface area contributed by atoms with Crippen LogP contribution >= 0.6 is 0 Å². The zero-order chi connectivity index (χ0) is 11.1. The highest BCUT2D eigenvalue weighted by atomic mass is 16.5. The normalized spacial score (nSPS) is 19.8. The first-order chi connectivity index (χ1) is 7.77. The number of fused-ring (bicyclic) bond motifs is 1. The van der Waals surface area contributed by atoms with Gasteiger partial charge in [0.2, 0.25) is 0 Å². The Hall–Kier alpha value is -1.55. The van der Waals surface area contributed by atoms with E-state index < -0.39 is 0 Å². The minimum Gasteiger partial charge on any atom is -0.361 e. The third-order valence-electron chi connectivity index (χ3n) is 3.24. The Labute approximate surface area is 94.2 Å². The monoisotopic (exact) mass is 217 g/mol. The van der Waals surface area contributed by atoms with E-state index in [-0.39, 0.29) is 6.04 Å². The Balaban J connectivity index is 2.10. The van der Waals surface area contributed by atoms with Crippen LogP contribution < -0.4 is 5.32 Å². The zero-order valence-electron chi connectivity index (χ0n) is 9.53. The second kappa shape index (κ2) is 3.49. The van der Waals surface area contributed by atoms with Gasteiger partial charge in [0.05, 0.1) is 11.7 Å². The fraction of sp³-hybridized carbons (Fsp3) is 0.417. The van der Waals surface area contributed by atoms with Crippen molar-refractivity contribution in [3.8, 4) is 0 Å². The number of aromatic nitrogens is 2. The molecule has 4 heteroatoms. The maximum Gasteiger partial charge on any atom is 0.139 e. The summed E-state index contributed by atoms with van der Waals surface area (Å²) < 4.78 is 7.53. The first-order valence-electron chi connectivity index (χ1n) is 5.58. The molecule has 0 spiro atoms. The van der Waals surface area contributed by atoms with Gasteiger partial charge >= 0.3 is 0 Å². The number of nitrogens with zero attached hydrogens (tertiary/aromatic N) is 2. The van der Waals surface area contributed by atoms with Gasteiger partial charge in [0, 0.05) is 30.5 Å². The third-order valence-corrected chi connectivity index (χ3v) is 3.24. The molecule has 84 valence electrons. The van der Waals surface area contributed by atoms with E-state index in [1.54, 1.807) is 0 Å². The lowest BCUT2D eigenvalue weighted by atomic mass is 10.0. The van der Waals surface area contributed by atoms with Gasteiger partial charge in [-0.2, -0.15) is 0 Å². The molecule has 4 nitrogen and oxygen atoms in total. The summed E-state index contributed by atoms with van der Waals surface area (Å²) in [5, 5.41) is 7.55. The summed E-state index contributed by atoms with van der Waals surface area (Å²) in [5.41, 5.74) is 3.45. The molecule has 2 aromatic rings. The summed E-state index contributed by atoms with van der Waals surface area (Å²) in [6.07, 6.45) is 2.13. The summed E-state index contributed by atoms with van der Waals surface area (Å²) in [7, 11) is 0. The molecule has 1 atom stereocenters. The van der Waals surface area contributed by atoms with Crippen LogP contribution in [0.2, 0.25) is 0 Å². The SMILES string of the molecule is Cc1noc(C)c1[C@@H]1NCCn2cccc21. The van der Waals surface area contributed by atoms with E-state index in [2.05, 4.69) is 33.4 Å². The molecule has 0 fully saturated rings. The number of hydrogen-bond acceptors (Lipinski definition) is 3. The highest BCUT2D eigenvalue weighted by Crippen LogP contribution is 2.29. The topological polar surface area (TPSA) is 43.0 Å². The lowest BCUT2D eigenvalue weighted by molar-refractivity contribution is 0.389. The van der Waals surface area contributed by atoms with Crippen LogP contribution in [0.15, 0.2) is 22.9 Å². The van der Waals surface area contributed by atoms with Crippen molar-refractivity contribution in [1.82, 2.24) is 15.0 Å². The average Bonchev–Trinajstić information content (AvgIpc) is 2.86. The third kappa shape index (κ3) is 1.30. The molecule has 0 saturated heterocycles. The van der Waals surface area contributed by atoms with Crippen molar-refractivity contribution >= 4 is 0 Å². The summed E-state index contributed by atoms with van der Waals surface area (Å²) in [6.45, 7) is 5.98. The first kappa shape index (κ1) is 9.66. The smallest absolute Gasteiger partial charge is 0.139 e. The molecule has 0 unspecified atom stereocenters. The van der Waals surface area contributed by atoms with Gasteiger partial charge in [-0.15, -0.1) is 0 Å². The second-order valence-corrected chi connectivity index (χ2v) is 4.25.